The van der Waals surface area contributed by atoms with Gasteiger partial charge in [-0.2, -0.15) is 0 Å². The minimum absolute atomic E-state index is 0.00214. The van der Waals surface area contributed by atoms with Gasteiger partial charge in [0.1, 0.15) is 11.6 Å². The summed E-state index contributed by atoms with van der Waals surface area (Å²) < 4.78 is 27.4. The minimum atomic E-state index is -0.673. The summed E-state index contributed by atoms with van der Waals surface area (Å²) in [6.07, 6.45) is 7.47. The Hall–Kier alpha value is -2.87. The number of nitrogens with two attached hydrogens (primary N) is 1. The maximum atomic E-state index is 14.2. The van der Waals surface area contributed by atoms with Gasteiger partial charge in [-0.3, -0.25) is 14.6 Å². The van der Waals surface area contributed by atoms with Crippen molar-refractivity contribution in [2.75, 3.05) is 11.9 Å². The van der Waals surface area contributed by atoms with E-state index in [1.165, 1.54) is 12.1 Å². The Balaban J connectivity index is 1.26. The van der Waals surface area contributed by atoms with Crippen LogP contribution in [-0.4, -0.2) is 29.4 Å². The summed E-state index contributed by atoms with van der Waals surface area (Å²) in [6, 6.07) is 6.40. The average Bonchev–Trinajstić information content (AvgIpc) is 3.58. The van der Waals surface area contributed by atoms with Gasteiger partial charge in [-0.1, -0.05) is 6.07 Å². The first-order chi connectivity index (χ1) is 15.4. The summed E-state index contributed by atoms with van der Waals surface area (Å²) in [5.41, 5.74) is 6.91. The van der Waals surface area contributed by atoms with Crippen LogP contribution in [0.15, 0.2) is 42.7 Å². The van der Waals surface area contributed by atoms with Gasteiger partial charge < -0.3 is 16.4 Å². The van der Waals surface area contributed by atoms with Gasteiger partial charge in [0.15, 0.2) is 0 Å². The highest BCUT2D eigenvalue weighted by molar-refractivity contribution is 5.92. The molecule has 2 saturated carbocycles. The molecule has 32 heavy (non-hydrogen) atoms. The summed E-state index contributed by atoms with van der Waals surface area (Å²) in [7, 11) is 0. The SMILES string of the molecule is NC(C(=O)NCC1(c2ccc(F)cc2F)CC1)C1CCC(C(=O)Nc2ccncc2)CC1. The van der Waals surface area contributed by atoms with Gasteiger partial charge in [-0.05, 0) is 68.2 Å². The van der Waals surface area contributed by atoms with E-state index in [1.807, 2.05) is 0 Å². The number of pyridine rings is 1. The highest BCUT2D eigenvalue weighted by atomic mass is 19.1. The van der Waals surface area contributed by atoms with E-state index in [4.69, 9.17) is 5.73 Å². The summed E-state index contributed by atoms with van der Waals surface area (Å²) in [5, 5.41) is 5.78. The maximum Gasteiger partial charge on any atom is 0.237 e. The number of hydrogen-bond donors (Lipinski definition) is 3. The van der Waals surface area contributed by atoms with Crippen molar-refractivity contribution in [3.63, 3.8) is 0 Å². The molecule has 4 rings (SSSR count). The predicted molar refractivity (Wildman–Crippen MR) is 117 cm³/mol. The Morgan fingerprint density at radius 1 is 1.09 bits per heavy atom. The Bertz CT molecular complexity index is 973. The fourth-order valence-corrected chi connectivity index (χ4v) is 4.62. The van der Waals surface area contributed by atoms with E-state index >= 15 is 0 Å². The van der Waals surface area contributed by atoms with Crippen molar-refractivity contribution in [1.29, 1.82) is 0 Å². The van der Waals surface area contributed by atoms with E-state index in [1.54, 1.807) is 24.5 Å². The van der Waals surface area contributed by atoms with E-state index in [2.05, 4.69) is 15.6 Å². The molecule has 0 saturated heterocycles. The molecule has 2 amide bonds. The standard InChI is InChI=1S/C24H28F2N4O2/c25-17-5-6-19(20(26)13-17)24(9-10-24)14-29-23(32)21(27)15-1-3-16(4-2-15)22(31)30-18-7-11-28-12-8-18/h5-8,11-13,15-16,21H,1-4,9-10,14,27H2,(H,29,32)(H,28,30,31). The molecular formula is C24H28F2N4O2. The number of benzene rings is 1. The van der Waals surface area contributed by atoms with E-state index in [-0.39, 0.29) is 30.2 Å². The number of amides is 2. The minimum Gasteiger partial charge on any atom is -0.354 e. The topological polar surface area (TPSA) is 97.1 Å². The molecule has 0 radical (unpaired) electrons. The fraction of sp³-hybridized carbons (Fsp3) is 0.458. The molecule has 1 aromatic carbocycles. The van der Waals surface area contributed by atoms with Crippen LogP contribution in [0.1, 0.15) is 44.1 Å². The molecule has 4 N–H and O–H groups in total. The van der Waals surface area contributed by atoms with Crippen molar-refractivity contribution < 1.29 is 18.4 Å². The molecule has 170 valence electrons. The lowest BCUT2D eigenvalue weighted by Gasteiger charge is -2.31. The number of hydrogen-bond acceptors (Lipinski definition) is 4. The number of nitrogens with one attached hydrogen (secondary N) is 2. The predicted octanol–water partition coefficient (Wildman–Crippen LogP) is 3.28. The van der Waals surface area contributed by atoms with E-state index in [0.29, 0.717) is 31.2 Å². The van der Waals surface area contributed by atoms with Crippen LogP contribution < -0.4 is 16.4 Å². The molecule has 0 aliphatic heterocycles. The third-order valence-electron chi connectivity index (χ3n) is 6.86. The average molecular weight is 443 g/mol. The molecule has 2 aliphatic carbocycles. The number of carbonyl (C=O) groups excluding carboxylic acids is 2. The lowest BCUT2D eigenvalue weighted by Crippen LogP contribution is -2.48. The van der Waals surface area contributed by atoms with Gasteiger partial charge in [0, 0.05) is 42.0 Å². The lowest BCUT2D eigenvalue weighted by molar-refractivity contribution is -0.124. The molecule has 1 atom stereocenters. The Morgan fingerprint density at radius 2 is 1.78 bits per heavy atom. The van der Waals surface area contributed by atoms with Crippen molar-refractivity contribution in [1.82, 2.24) is 10.3 Å². The zero-order chi connectivity index (χ0) is 22.7. The zero-order valence-electron chi connectivity index (χ0n) is 17.8. The zero-order valence-corrected chi connectivity index (χ0v) is 17.8. The third-order valence-corrected chi connectivity index (χ3v) is 6.86. The van der Waals surface area contributed by atoms with Gasteiger partial charge in [0.2, 0.25) is 11.8 Å². The number of carbonyl (C=O) groups is 2. The van der Waals surface area contributed by atoms with Crippen LogP contribution in [0.3, 0.4) is 0 Å². The Morgan fingerprint density at radius 3 is 2.41 bits per heavy atom. The first kappa shape index (κ1) is 22.3. The van der Waals surface area contributed by atoms with E-state index in [0.717, 1.165) is 24.6 Å². The first-order valence-corrected chi connectivity index (χ1v) is 11.1. The van der Waals surface area contributed by atoms with Crippen LogP contribution in [0.4, 0.5) is 14.5 Å². The molecule has 0 spiro atoms. The van der Waals surface area contributed by atoms with Gasteiger partial charge >= 0.3 is 0 Å². The van der Waals surface area contributed by atoms with Crippen LogP contribution in [0.5, 0.6) is 0 Å². The van der Waals surface area contributed by atoms with E-state index in [9.17, 15) is 18.4 Å². The quantitative estimate of drug-likeness (QED) is 0.613. The van der Waals surface area contributed by atoms with Crippen LogP contribution >= 0.6 is 0 Å². The maximum absolute atomic E-state index is 14.2. The first-order valence-electron chi connectivity index (χ1n) is 11.1. The van der Waals surface area contributed by atoms with Gasteiger partial charge in [0.25, 0.3) is 0 Å². The second kappa shape index (κ2) is 9.32. The highest BCUT2D eigenvalue weighted by Gasteiger charge is 2.46. The van der Waals surface area contributed by atoms with Gasteiger partial charge in [-0.15, -0.1) is 0 Å². The highest BCUT2D eigenvalue weighted by Crippen LogP contribution is 2.48. The van der Waals surface area contributed by atoms with Crippen molar-refractivity contribution in [2.45, 2.75) is 50.0 Å². The number of anilines is 1. The molecule has 8 heteroatoms. The van der Waals surface area contributed by atoms with Crippen LogP contribution in [0.2, 0.25) is 0 Å². The fourth-order valence-electron chi connectivity index (χ4n) is 4.62. The second-order valence-corrected chi connectivity index (χ2v) is 8.98. The number of rotatable bonds is 7. The lowest BCUT2D eigenvalue weighted by atomic mass is 9.78. The van der Waals surface area contributed by atoms with Crippen molar-refractivity contribution in [3.05, 3.63) is 59.9 Å². The van der Waals surface area contributed by atoms with Crippen molar-refractivity contribution in [3.8, 4) is 0 Å². The largest absolute Gasteiger partial charge is 0.354 e. The molecule has 6 nitrogen and oxygen atoms in total. The molecule has 1 unspecified atom stereocenters. The summed E-state index contributed by atoms with van der Waals surface area (Å²) in [4.78, 5) is 29.1. The Labute approximate surface area is 186 Å². The van der Waals surface area contributed by atoms with Crippen molar-refractivity contribution >= 4 is 17.5 Å². The van der Waals surface area contributed by atoms with Gasteiger partial charge in [0.05, 0.1) is 6.04 Å². The van der Waals surface area contributed by atoms with Gasteiger partial charge in [-0.25, -0.2) is 8.78 Å². The monoisotopic (exact) mass is 442 g/mol. The number of nitrogens with zero attached hydrogens (tertiary/aromatic N) is 1. The normalized spacial score (nSPS) is 22.6. The number of halogens is 2. The molecule has 2 aromatic rings. The van der Waals surface area contributed by atoms with Crippen LogP contribution in [0, 0.1) is 23.5 Å². The molecule has 0 bridgehead atoms. The molecule has 1 aromatic heterocycles. The molecule has 2 aliphatic rings. The summed E-state index contributed by atoms with van der Waals surface area (Å²) in [5.74, 6) is -1.58. The van der Waals surface area contributed by atoms with Crippen molar-refractivity contribution in [2.24, 2.45) is 17.6 Å². The summed E-state index contributed by atoms with van der Waals surface area (Å²) in [6.45, 7) is 0.284. The molecular weight excluding hydrogens is 414 g/mol. The Kier molecular flexibility index (Phi) is 6.50. The smallest absolute Gasteiger partial charge is 0.237 e. The second-order valence-electron chi connectivity index (χ2n) is 8.98. The van der Waals surface area contributed by atoms with E-state index < -0.39 is 23.1 Å². The number of aromatic nitrogens is 1. The molecule has 2 fully saturated rings. The summed E-state index contributed by atoms with van der Waals surface area (Å²) >= 11 is 0. The van der Waals surface area contributed by atoms with Crippen LogP contribution in [0.25, 0.3) is 0 Å². The molecule has 1 heterocycles. The third kappa shape index (κ3) is 4.96. The van der Waals surface area contributed by atoms with Crippen LogP contribution in [-0.2, 0) is 15.0 Å².